The summed E-state index contributed by atoms with van der Waals surface area (Å²) in [5.74, 6) is -0.808. The van der Waals surface area contributed by atoms with Crippen LogP contribution < -0.4 is 10.6 Å². The smallest absolute Gasteiger partial charge is 0.242 e. The van der Waals surface area contributed by atoms with Gasteiger partial charge >= 0.3 is 0 Å². The number of carbonyl (C=O) groups is 3. The number of amides is 3. The van der Waals surface area contributed by atoms with E-state index in [1.807, 2.05) is 38.1 Å². The predicted octanol–water partition coefficient (Wildman–Crippen LogP) is 1.21. The van der Waals surface area contributed by atoms with Crippen LogP contribution in [-0.4, -0.2) is 62.5 Å². The van der Waals surface area contributed by atoms with Gasteiger partial charge < -0.3 is 20.3 Å². The second-order valence-corrected chi connectivity index (χ2v) is 6.76. The molecule has 0 aliphatic rings. The highest BCUT2D eigenvalue weighted by atomic mass is 16.5. The van der Waals surface area contributed by atoms with Crippen molar-refractivity contribution in [2.45, 2.75) is 26.7 Å². The first kappa shape index (κ1) is 23.4. The summed E-state index contributed by atoms with van der Waals surface area (Å²) < 4.78 is 5.40. The predicted molar refractivity (Wildman–Crippen MR) is 109 cm³/mol. The van der Waals surface area contributed by atoms with Crippen molar-refractivity contribution < 1.29 is 19.1 Å². The summed E-state index contributed by atoms with van der Waals surface area (Å²) in [6.45, 7) is 8.33. The average Bonchev–Trinajstić information content (AvgIpc) is 2.67. The number of hydrogen-bond acceptors (Lipinski definition) is 4. The van der Waals surface area contributed by atoms with Crippen LogP contribution in [0.15, 0.2) is 36.4 Å². The van der Waals surface area contributed by atoms with E-state index >= 15 is 0 Å². The lowest BCUT2D eigenvalue weighted by Crippen LogP contribution is -2.46. The Morgan fingerprint density at radius 3 is 2.43 bits per heavy atom. The fourth-order valence-corrected chi connectivity index (χ4v) is 2.35. The molecule has 0 spiro atoms. The Morgan fingerprint density at radius 1 is 1.14 bits per heavy atom. The van der Waals surface area contributed by atoms with Gasteiger partial charge in [-0.05, 0) is 25.8 Å². The van der Waals surface area contributed by atoms with Crippen LogP contribution >= 0.6 is 0 Å². The number of benzene rings is 1. The van der Waals surface area contributed by atoms with Gasteiger partial charge in [-0.15, -0.1) is 0 Å². The molecule has 1 aromatic carbocycles. The minimum Gasteiger partial charge on any atom is -0.375 e. The van der Waals surface area contributed by atoms with Crippen LogP contribution in [0.1, 0.15) is 24.5 Å². The Labute approximate surface area is 167 Å². The molecule has 0 aliphatic heterocycles. The molecule has 7 heteroatoms. The van der Waals surface area contributed by atoms with E-state index in [1.54, 1.807) is 0 Å². The van der Waals surface area contributed by atoms with E-state index < -0.39 is 0 Å². The van der Waals surface area contributed by atoms with Crippen LogP contribution in [-0.2, 0) is 25.5 Å². The summed E-state index contributed by atoms with van der Waals surface area (Å²) in [5.41, 5.74) is 3.12. The van der Waals surface area contributed by atoms with Gasteiger partial charge in [0.1, 0.15) is 0 Å². The molecule has 0 saturated heterocycles. The van der Waals surface area contributed by atoms with E-state index in [9.17, 15) is 14.4 Å². The van der Waals surface area contributed by atoms with Crippen LogP contribution in [0.25, 0.3) is 0 Å². The third-order valence-electron chi connectivity index (χ3n) is 4.02. The van der Waals surface area contributed by atoms with Gasteiger partial charge in [0.05, 0.1) is 26.3 Å². The van der Waals surface area contributed by atoms with Gasteiger partial charge in [-0.3, -0.25) is 14.4 Å². The number of likely N-dealkylation sites (N-methyl/N-ethyl adjacent to an activating group) is 1. The van der Waals surface area contributed by atoms with E-state index in [0.717, 1.165) is 11.1 Å². The number of hydrogen-bond donors (Lipinski definition) is 2. The van der Waals surface area contributed by atoms with Crippen molar-refractivity contribution >= 4 is 17.7 Å². The van der Waals surface area contributed by atoms with Crippen molar-refractivity contribution in [3.8, 4) is 0 Å². The Balaban J connectivity index is 2.43. The summed E-state index contributed by atoms with van der Waals surface area (Å²) in [4.78, 5) is 37.4. The third-order valence-corrected chi connectivity index (χ3v) is 4.02. The van der Waals surface area contributed by atoms with Crippen molar-refractivity contribution in [1.29, 1.82) is 0 Å². The Morgan fingerprint density at radius 2 is 1.82 bits per heavy atom. The van der Waals surface area contributed by atoms with Crippen molar-refractivity contribution in [3.05, 3.63) is 47.5 Å². The Kier molecular flexibility index (Phi) is 10.6. The number of nitrogens with one attached hydrogen (secondary N) is 2. The number of carbonyl (C=O) groups excluding carboxylic acids is 3. The molecule has 2 N–H and O–H groups in total. The molecular weight excluding hydrogens is 358 g/mol. The lowest BCUT2D eigenvalue weighted by Gasteiger charge is -2.22. The zero-order valence-electron chi connectivity index (χ0n) is 17.0. The highest BCUT2D eigenvalue weighted by molar-refractivity contribution is 5.88. The normalized spacial score (nSPS) is 10.2. The second kappa shape index (κ2) is 12.7. The van der Waals surface area contributed by atoms with Crippen LogP contribution in [0, 0.1) is 6.92 Å². The van der Waals surface area contributed by atoms with E-state index in [1.165, 1.54) is 17.5 Å². The molecule has 0 unspecified atom stereocenters. The van der Waals surface area contributed by atoms with Gasteiger partial charge in [0.2, 0.25) is 17.7 Å². The minimum absolute atomic E-state index is 0.0784. The SMILES string of the molecule is C=C(C)COCCN(CC(=O)NC)C(=O)CNC(=O)CCc1ccc(C)cc1. The van der Waals surface area contributed by atoms with Gasteiger partial charge in [-0.1, -0.05) is 42.0 Å². The van der Waals surface area contributed by atoms with Gasteiger partial charge in [0.15, 0.2) is 0 Å². The topological polar surface area (TPSA) is 87.7 Å². The quantitative estimate of drug-likeness (QED) is 0.416. The van der Waals surface area contributed by atoms with Crippen LogP contribution in [0.2, 0.25) is 0 Å². The van der Waals surface area contributed by atoms with Gasteiger partial charge in [-0.25, -0.2) is 0 Å². The first-order valence-electron chi connectivity index (χ1n) is 9.34. The van der Waals surface area contributed by atoms with Crippen molar-refractivity contribution in [3.63, 3.8) is 0 Å². The van der Waals surface area contributed by atoms with Crippen LogP contribution in [0.3, 0.4) is 0 Å². The van der Waals surface area contributed by atoms with E-state index in [0.29, 0.717) is 19.4 Å². The average molecular weight is 389 g/mol. The summed E-state index contributed by atoms with van der Waals surface area (Å²) in [5, 5.41) is 5.12. The van der Waals surface area contributed by atoms with Gasteiger partial charge in [-0.2, -0.15) is 0 Å². The fourth-order valence-electron chi connectivity index (χ4n) is 2.35. The van der Waals surface area contributed by atoms with E-state index in [2.05, 4.69) is 17.2 Å². The maximum absolute atomic E-state index is 12.4. The molecule has 0 radical (unpaired) electrons. The van der Waals surface area contributed by atoms with Crippen molar-refractivity contribution in [2.75, 3.05) is 39.9 Å². The fraction of sp³-hybridized carbons (Fsp3) is 0.476. The van der Waals surface area contributed by atoms with Gasteiger partial charge in [0.25, 0.3) is 0 Å². The molecule has 0 heterocycles. The Hall–Kier alpha value is -2.67. The molecule has 0 fully saturated rings. The molecular formula is C21H31N3O4. The molecule has 1 aromatic rings. The summed E-state index contributed by atoms with van der Waals surface area (Å²) in [7, 11) is 1.51. The molecule has 3 amide bonds. The molecule has 0 aliphatic carbocycles. The molecule has 1 rings (SSSR count). The van der Waals surface area contributed by atoms with Crippen molar-refractivity contribution in [2.24, 2.45) is 0 Å². The van der Waals surface area contributed by atoms with E-state index in [4.69, 9.17) is 4.74 Å². The first-order valence-corrected chi connectivity index (χ1v) is 9.34. The standard InChI is InChI=1S/C21H31N3O4/c1-16(2)15-28-12-11-24(14-20(26)22-4)21(27)13-23-19(25)10-9-18-7-5-17(3)6-8-18/h5-8H,1,9-15H2,2-4H3,(H,22,26)(H,23,25). The zero-order chi connectivity index (χ0) is 20.9. The molecule has 0 aromatic heterocycles. The highest BCUT2D eigenvalue weighted by Crippen LogP contribution is 2.05. The van der Waals surface area contributed by atoms with Crippen LogP contribution in [0.5, 0.6) is 0 Å². The summed E-state index contributed by atoms with van der Waals surface area (Å²) in [6.07, 6.45) is 0.907. The number of ether oxygens (including phenoxy) is 1. The number of aryl methyl sites for hydroxylation is 2. The molecule has 154 valence electrons. The molecule has 7 nitrogen and oxygen atoms in total. The summed E-state index contributed by atoms with van der Waals surface area (Å²) >= 11 is 0. The second-order valence-electron chi connectivity index (χ2n) is 6.76. The molecule has 0 saturated carbocycles. The minimum atomic E-state index is -0.328. The number of nitrogens with zero attached hydrogens (tertiary/aromatic N) is 1. The van der Waals surface area contributed by atoms with Crippen LogP contribution in [0.4, 0.5) is 0 Å². The lowest BCUT2D eigenvalue weighted by molar-refractivity contribution is -0.137. The zero-order valence-corrected chi connectivity index (χ0v) is 17.0. The maximum atomic E-state index is 12.4. The Bertz CT molecular complexity index is 671. The molecule has 28 heavy (non-hydrogen) atoms. The summed E-state index contributed by atoms with van der Waals surface area (Å²) in [6, 6.07) is 7.99. The lowest BCUT2D eigenvalue weighted by atomic mass is 10.1. The largest absolute Gasteiger partial charge is 0.375 e. The molecule has 0 bridgehead atoms. The first-order chi connectivity index (χ1) is 13.3. The third kappa shape index (κ3) is 9.87. The maximum Gasteiger partial charge on any atom is 0.242 e. The molecule has 0 atom stereocenters. The monoisotopic (exact) mass is 389 g/mol. The van der Waals surface area contributed by atoms with Gasteiger partial charge in [0, 0.05) is 20.0 Å². The number of rotatable bonds is 12. The highest BCUT2D eigenvalue weighted by Gasteiger charge is 2.17. The van der Waals surface area contributed by atoms with Crippen molar-refractivity contribution in [1.82, 2.24) is 15.5 Å². The van der Waals surface area contributed by atoms with E-state index in [-0.39, 0.29) is 44.0 Å².